The van der Waals surface area contributed by atoms with E-state index in [1.807, 2.05) is 17.9 Å². The molecule has 1 aromatic rings. The highest BCUT2D eigenvalue weighted by Gasteiger charge is 2.38. The smallest absolute Gasteiger partial charge is 0.484 e. The zero-order chi connectivity index (χ0) is 30.3. The Bertz CT molecular complexity index is 1150. The summed E-state index contributed by atoms with van der Waals surface area (Å²) in [7, 11) is 0. The molecular weight excluding hydrogens is 551 g/mol. The standard InChI is InChI=1S/C24H33N5O5.C2HF3O2/c1-16-2-3-19(14-20(16)29-13-8-21(30)26-24(29)33)34-15-22(31)27-9-4-17(5-10-27)23(32)28-11-6-18(25)7-12-28;3-2(4,5)1(6)7/h2-3,14,17-18H,4-13,15,25H2,1H3,(H,26,30,33);(H,6,7). The molecule has 226 valence electrons. The largest absolute Gasteiger partial charge is 0.490 e. The summed E-state index contributed by atoms with van der Waals surface area (Å²) >= 11 is 0. The highest BCUT2D eigenvalue weighted by molar-refractivity contribution is 6.06. The summed E-state index contributed by atoms with van der Waals surface area (Å²) in [5.74, 6) is -2.55. The van der Waals surface area contributed by atoms with E-state index in [0.717, 1.165) is 31.5 Å². The normalized spacial score (nSPS) is 18.8. The van der Waals surface area contributed by atoms with Crippen LogP contribution in [0.15, 0.2) is 18.2 Å². The van der Waals surface area contributed by atoms with Crippen LogP contribution >= 0.6 is 0 Å². The molecule has 0 atom stereocenters. The van der Waals surface area contributed by atoms with E-state index in [1.165, 1.54) is 4.90 Å². The fraction of sp³-hybridized carbons (Fsp3) is 0.577. The van der Waals surface area contributed by atoms with Crippen molar-refractivity contribution in [1.82, 2.24) is 15.1 Å². The van der Waals surface area contributed by atoms with Crippen LogP contribution in [0.25, 0.3) is 0 Å². The molecule has 0 unspecified atom stereocenters. The number of carbonyl (C=O) groups is 5. The van der Waals surface area contributed by atoms with E-state index < -0.39 is 18.2 Å². The molecule has 41 heavy (non-hydrogen) atoms. The third-order valence-electron chi connectivity index (χ3n) is 7.18. The zero-order valence-electron chi connectivity index (χ0n) is 22.6. The third kappa shape index (κ3) is 8.80. The number of carboxylic acid groups (broad SMARTS) is 1. The molecule has 15 heteroatoms. The summed E-state index contributed by atoms with van der Waals surface area (Å²) in [6.07, 6.45) is -1.84. The van der Waals surface area contributed by atoms with Crippen molar-refractivity contribution in [2.75, 3.05) is 44.2 Å². The van der Waals surface area contributed by atoms with E-state index in [4.69, 9.17) is 20.4 Å². The molecule has 0 radical (unpaired) electrons. The van der Waals surface area contributed by atoms with Gasteiger partial charge in [-0.05, 0) is 44.2 Å². The number of imide groups is 1. The van der Waals surface area contributed by atoms with Crippen LogP contribution in [0.1, 0.15) is 37.7 Å². The van der Waals surface area contributed by atoms with E-state index in [0.29, 0.717) is 43.9 Å². The third-order valence-corrected chi connectivity index (χ3v) is 7.18. The number of ether oxygens (including phenoxy) is 1. The van der Waals surface area contributed by atoms with Gasteiger partial charge in [-0.2, -0.15) is 13.2 Å². The Hall–Kier alpha value is -3.88. The maximum atomic E-state index is 12.8. The van der Waals surface area contributed by atoms with E-state index in [1.54, 1.807) is 17.0 Å². The number of hydrogen-bond donors (Lipinski definition) is 3. The molecule has 0 aromatic heterocycles. The van der Waals surface area contributed by atoms with Crippen molar-refractivity contribution in [2.45, 2.75) is 51.2 Å². The highest BCUT2D eigenvalue weighted by Crippen LogP contribution is 2.28. The number of amides is 5. The lowest BCUT2D eigenvalue weighted by Crippen LogP contribution is -2.49. The van der Waals surface area contributed by atoms with Crippen molar-refractivity contribution >= 4 is 35.4 Å². The molecule has 0 bridgehead atoms. The Balaban J connectivity index is 0.000000587. The number of urea groups is 1. The van der Waals surface area contributed by atoms with Gasteiger partial charge in [-0.3, -0.25) is 24.6 Å². The maximum Gasteiger partial charge on any atom is 0.490 e. The van der Waals surface area contributed by atoms with Crippen molar-refractivity contribution < 1.29 is 47.0 Å². The Morgan fingerprint density at radius 1 is 1.02 bits per heavy atom. The quantitative estimate of drug-likeness (QED) is 0.470. The molecule has 3 aliphatic rings. The second-order valence-electron chi connectivity index (χ2n) is 10.1. The highest BCUT2D eigenvalue weighted by atomic mass is 19.4. The summed E-state index contributed by atoms with van der Waals surface area (Å²) in [5, 5.41) is 9.44. The van der Waals surface area contributed by atoms with Crippen LogP contribution in [0, 0.1) is 12.8 Å². The number of nitrogens with one attached hydrogen (secondary N) is 1. The lowest BCUT2D eigenvalue weighted by Gasteiger charge is -2.36. The van der Waals surface area contributed by atoms with Crippen LogP contribution in [0.5, 0.6) is 5.75 Å². The van der Waals surface area contributed by atoms with Crippen molar-refractivity contribution in [3.8, 4) is 5.75 Å². The van der Waals surface area contributed by atoms with Crippen LogP contribution in [-0.2, 0) is 19.2 Å². The molecule has 0 saturated carbocycles. The number of rotatable bonds is 5. The van der Waals surface area contributed by atoms with E-state index in [2.05, 4.69) is 5.32 Å². The molecule has 3 heterocycles. The number of aliphatic carboxylic acids is 1. The fourth-order valence-corrected chi connectivity index (χ4v) is 4.75. The molecule has 12 nitrogen and oxygen atoms in total. The molecule has 3 saturated heterocycles. The van der Waals surface area contributed by atoms with Crippen LogP contribution in [0.4, 0.5) is 23.7 Å². The average molecular weight is 586 g/mol. The SMILES string of the molecule is Cc1ccc(OCC(=O)N2CCC(C(=O)N3CCC(N)CC3)CC2)cc1N1CCC(=O)NC1=O.O=C(O)C(F)(F)F. The van der Waals surface area contributed by atoms with Crippen molar-refractivity contribution in [3.63, 3.8) is 0 Å². The van der Waals surface area contributed by atoms with Crippen LogP contribution in [0.3, 0.4) is 0 Å². The van der Waals surface area contributed by atoms with Crippen molar-refractivity contribution in [1.29, 1.82) is 0 Å². The Morgan fingerprint density at radius 2 is 1.61 bits per heavy atom. The van der Waals surface area contributed by atoms with Crippen LogP contribution < -0.4 is 20.7 Å². The van der Waals surface area contributed by atoms with E-state index >= 15 is 0 Å². The maximum absolute atomic E-state index is 12.8. The number of nitrogens with zero attached hydrogens (tertiary/aromatic N) is 3. The van der Waals surface area contributed by atoms with E-state index in [-0.39, 0.29) is 42.7 Å². The molecule has 1 aromatic carbocycles. The van der Waals surface area contributed by atoms with E-state index in [9.17, 15) is 32.3 Å². The summed E-state index contributed by atoms with van der Waals surface area (Å²) in [4.78, 5) is 63.2. The van der Waals surface area contributed by atoms with Crippen molar-refractivity contribution in [3.05, 3.63) is 23.8 Å². The Labute approximate surface area is 234 Å². The molecule has 4 N–H and O–H groups in total. The topological polar surface area (TPSA) is 163 Å². The van der Waals surface area contributed by atoms with Gasteiger partial charge in [-0.15, -0.1) is 0 Å². The molecule has 0 spiro atoms. The number of halogens is 3. The summed E-state index contributed by atoms with van der Waals surface area (Å²) < 4.78 is 37.5. The number of anilines is 1. The molecule has 0 aliphatic carbocycles. The number of carbonyl (C=O) groups excluding carboxylic acids is 4. The number of aryl methyl sites for hydroxylation is 1. The van der Waals surface area contributed by atoms with Gasteiger partial charge < -0.3 is 25.4 Å². The number of carboxylic acids is 1. The number of hydrogen-bond acceptors (Lipinski definition) is 7. The molecule has 4 rings (SSSR count). The number of piperidine rings is 2. The summed E-state index contributed by atoms with van der Waals surface area (Å²) in [6, 6.07) is 5.03. The Morgan fingerprint density at radius 3 is 2.17 bits per heavy atom. The lowest BCUT2D eigenvalue weighted by molar-refractivity contribution is -0.192. The second-order valence-corrected chi connectivity index (χ2v) is 10.1. The van der Waals surface area contributed by atoms with Gasteiger partial charge in [-0.1, -0.05) is 6.07 Å². The average Bonchev–Trinajstić information content (AvgIpc) is 2.92. The van der Waals surface area contributed by atoms with Gasteiger partial charge in [0, 0.05) is 57.2 Å². The van der Waals surface area contributed by atoms with Gasteiger partial charge in [0.15, 0.2) is 6.61 Å². The summed E-state index contributed by atoms with van der Waals surface area (Å²) in [6.45, 7) is 4.57. The first kappa shape index (κ1) is 31.6. The number of likely N-dealkylation sites (tertiary alicyclic amines) is 2. The van der Waals surface area contributed by atoms with Gasteiger partial charge in [-0.25, -0.2) is 9.59 Å². The number of nitrogens with two attached hydrogens (primary N) is 1. The minimum absolute atomic E-state index is 0.0403. The first-order chi connectivity index (χ1) is 19.3. The number of alkyl halides is 3. The van der Waals surface area contributed by atoms with Crippen LogP contribution in [0.2, 0.25) is 0 Å². The number of benzene rings is 1. The monoisotopic (exact) mass is 585 g/mol. The molecule has 3 aliphatic heterocycles. The van der Waals surface area contributed by atoms with Crippen molar-refractivity contribution in [2.24, 2.45) is 11.7 Å². The second kappa shape index (κ2) is 13.7. The predicted octanol–water partition coefficient (Wildman–Crippen LogP) is 1.64. The molecule has 3 fully saturated rings. The molecular formula is C26H34F3N5O7. The predicted molar refractivity (Wildman–Crippen MR) is 139 cm³/mol. The minimum Gasteiger partial charge on any atom is -0.484 e. The van der Waals surface area contributed by atoms with Gasteiger partial charge >= 0.3 is 18.2 Å². The van der Waals surface area contributed by atoms with Gasteiger partial charge in [0.2, 0.25) is 11.8 Å². The zero-order valence-corrected chi connectivity index (χ0v) is 22.6. The van der Waals surface area contributed by atoms with Crippen LogP contribution in [-0.4, -0.2) is 96.2 Å². The van der Waals surface area contributed by atoms with Gasteiger partial charge in [0.1, 0.15) is 5.75 Å². The first-order valence-electron chi connectivity index (χ1n) is 13.2. The minimum atomic E-state index is -5.08. The van der Waals surface area contributed by atoms with Gasteiger partial charge in [0.25, 0.3) is 5.91 Å². The molecule has 5 amide bonds. The van der Waals surface area contributed by atoms with Gasteiger partial charge in [0.05, 0.1) is 5.69 Å². The summed E-state index contributed by atoms with van der Waals surface area (Å²) in [5.41, 5.74) is 7.45. The first-order valence-corrected chi connectivity index (χ1v) is 13.2. The Kier molecular flexibility index (Phi) is 10.5. The lowest BCUT2D eigenvalue weighted by atomic mass is 9.94. The fourth-order valence-electron chi connectivity index (χ4n) is 4.75.